The van der Waals surface area contributed by atoms with Gasteiger partial charge in [0.2, 0.25) is 0 Å². The van der Waals surface area contributed by atoms with Gasteiger partial charge in [0.05, 0.1) is 6.54 Å². The van der Waals surface area contributed by atoms with Gasteiger partial charge in [-0.25, -0.2) is 4.79 Å². The van der Waals surface area contributed by atoms with Gasteiger partial charge in [-0.2, -0.15) is 0 Å². The zero-order chi connectivity index (χ0) is 10.4. The average Bonchev–Trinajstić information content (AvgIpc) is 2.12. The van der Waals surface area contributed by atoms with Gasteiger partial charge < -0.3 is 15.8 Å². The highest BCUT2D eigenvalue weighted by molar-refractivity contribution is 5.71. The molecule has 0 saturated carbocycles. The van der Waals surface area contributed by atoms with Gasteiger partial charge in [-0.05, 0) is 24.6 Å². The molecule has 0 bridgehead atoms. The lowest BCUT2D eigenvalue weighted by Gasteiger charge is -2.06. The number of rotatable bonds is 4. The Morgan fingerprint density at radius 2 is 2.36 bits per heavy atom. The van der Waals surface area contributed by atoms with Crippen LogP contribution >= 0.6 is 0 Å². The Balaban J connectivity index is 2.28. The fourth-order valence-corrected chi connectivity index (χ4v) is 1.05. The summed E-state index contributed by atoms with van der Waals surface area (Å²) < 4.78 is 5.37. The molecule has 0 aromatic heterocycles. The topological polar surface area (TPSA) is 64.3 Å². The quantitative estimate of drug-likeness (QED) is 0.703. The first kappa shape index (κ1) is 10.4. The molecule has 0 aliphatic carbocycles. The number of aryl methyl sites for hydroxylation is 1. The number of carbonyl (C=O) groups is 1. The summed E-state index contributed by atoms with van der Waals surface area (Å²) in [5, 5.41) is 2.44. The van der Waals surface area contributed by atoms with E-state index >= 15 is 0 Å². The Hall–Kier alpha value is -1.71. The summed E-state index contributed by atoms with van der Waals surface area (Å²) in [4.78, 5) is 10.3. The molecule has 2 amide bonds. The molecule has 0 saturated heterocycles. The molecule has 0 spiro atoms. The highest BCUT2D eigenvalue weighted by Gasteiger charge is 1.94. The van der Waals surface area contributed by atoms with E-state index in [1.165, 1.54) is 0 Å². The van der Waals surface area contributed by atoms with Crippen molar-refractivity contribution >= 4 is 6.03 Å². The molecule has 1 aromatic rings. The molecular weight excluding hydrogens is 180 g/mol. The van der Waals surface area contributed by atoms with Gasteiger partial charge in [-0.1, -0.05) is 12.1 Å². The van der Waals surface area contributed by atoms with Crippen molar-refractivity contribution in [3.63, 3.8) is 0 Å². The molecule has 1 rings (SSSR count). The number of urea groups is 1. The van der Waals surface area contributed by atoms with Gasteiger partial charge in [0, 0.05) is 0 Å². The van der Waals surface area contributed by atoms with Gasteiger partial charge in [0.1, 0.15) is 12.4 Å². The fourth-order valence-electron chi connectivity index (χ4n) is 1.05. The predicted molar refractivity (Wildman–Crippen MR) is 54.3 cm³/mol. The van der Waals surface area contributed by atoms with Gasteiger partial charge in [0.15, 0.2) is 0 Å². The minimum absolute atomic E-state index is 0.420. The second-order valence-electron chi connectivity index (χ2n) is 2.96. The standard InChI is InChI=1S/C10H14N2O2/c1-8-3-2-4-9(7-8)14-6-5-12-10(11)13/h2-4,7H,5-6H2,1H3,(H3,11,12,13). The third-order valence-corrected chi connectivity index (χ3v) is 1.66. The number of hydrogen-bond acceptors (Lipinski definition) is 2. The number of primary amides is 1. The van der Waals surface area contributed by atoms with Crippen molar-refractivity contribution in [1.82, 2.24) is 5.32 Å². The molecule has 1 aromatic carbocycles. The maximum Gasteiger partial charge on any atom is 0.312 e. The number of ether oxygens (including phenoxy) is 1. The molecule has 4 heteroatoms. The van der Waals surface area contributed by atoms with Crippen molar-refractivity contribution in [3.8, 4) is 5.75 Å². The van der Waals surface area contributed by atoms with Crippen LogP contribution in [0.3, 0.4) is 0 Å². The minimum atomic E-state index is -0.530. The third kappa shape index (κ3) is 3.80. The van der Waals surface area contributed by atoms with E-state index in [-0.39, 0.29) is 0 Å². The van der Waals surface area contributed by atoms with E-state index in [1.54, 1.807) is 0 Å². The van der Waals surface area contributed by atoms with E-state index in [2.05, 4.69) is 5.32 Å². The Morgan fingerprint density at radius 3 is 3.00 bits per heavy atom. The molecule has 4 nitrogen and oxygen atoms in total. The summed E-state index contributed by atoms with van der Waals surface area (Å²) >= 11 is 0. The Kier molecular flexibility index (Phi) is 3.79. The maximum absolute atomic E-state index is 10.3. The van der Waals surface area contributed by atoms with E-state index in [1.807, 2.05) is 31.2 Å². The van der Waals surface area contributed by atoms with Crippen molar-refractivity contribution in [2.24, 2.45) is 5.73 Å². The first-order chi connectivity index (χ1) is 6.68. The van der Waals surface area contributed by atoms with Crippen LogP contribution in [0.15, 0.2) is 24.3 Å². The predicted octanol–water partition coefficient (Wildman–Crippen LogP) is 1.04. The van der Waals surface area contributed by atoms with Crippen LogP contribution in [-0.2, 0) is 0 Å². The van der Waals surface area contributed by atoms with Crippen LogP contribution in [0.25, 0.3) is 0 Å². The van der Waals surface area contributed by atoms with Crippen LogP contribution in [-0.4, -0.2) is 19.2 Å². The van der Waals surface area contributed by atoms with Crippen LogP contribution in [0.1, 0.15) is 5.56 Å². The van der Waals surface area contributed by atoms with Gasteiger partial charge in [-0.15, -0.1) is 0 Å². The summed E-state index contributed by atoms with van der Waals surface area (Å²) in [5.41, 5.74) is 6.03. The van der Waals surface area contributed by atoms with Crippen LogP contribution in [0.2, 0.25) is 0 Å². The van der Waals surface area contributed by atoms with Crippen molar-refractivity contribution < 1.29 is 9.53 Å². The highest BCUT2D eigenvalue weighted by Crippen LogP contribution is 2.11. The van der Waals surface area contributed by atoms with Gasteiger partial charge in [-0.3, -0.25) is 0 Å². The van der Waals surface area contributed by atoms with Crippen molar-refractivity contribution in [2.75, 3.05) is 13.2 Å². The van der Waals surface area contributed by atoms with E-state index in [4.69, 9.17) is 10.5 Å². The third-order valence-electron chi connectivity index (χ3n) is 1.66. The SMILES string of the molecule is Cc1cccc(OCCNC(N)=O)c1. The molecule has 14 heavy (non-hydrogen) atoms. The van der Waals surface area contributed by atoms with Crippen LogP contribution in [0.4, 0.5) is 4.79 Å². The Labute approximate surface area is 83.1 Å². The largest absolute Gasteiger partial charge is 0.492 e. The number of amides is 2. The molecule has 0 radical (unpaired) electrons. The number of benzene rings is 1. The Morgan fingerprint density at radius 1 is 1.57 bits per heavy atom. The first-order valence-corrected chi connectivity index (χ1v) is 4.41. The molecule has 0 fully saturated rings. The van der Waals surface area contributed by atoms with E-state index in [0.29, 0.717) is 13.2 Å². The molecule has 0 unspecified atom stereocenters. The average molecular weight is 194 g/mol. The number of carbonyl (C=O) groups excluding carboxylic acids is 1. The molecule has 3 N–H and O–H groups in total. The maximum atomic E-state index is 10.3. The molecule has 0 heterocycles. The van der Waals surface area contributed by atoms with E-state index in [9.17, 15) is 4.79 Å². The molecule has 0 aliphatic rings. The second kappa shape index (κ2) is 5.11. The lowest BCUT2D eigenvalue weighted by atomic mass is 10.2. The number of nitrogens with one attached hydrogen (secondary N) is 1. The van der Waals surface area contributed by atoms with Gasteiger partial charge in [0.25, 0.3) is 0 Å². The highest BCUT2D eigenvalue weighted by atomic mass is 16.5. The van der Waals surface area contributed by atoms with E-state index < -0.39 is 6.03 Å². The normalized spacial score (nSPS) is 9.50. The van der Waals surface area contributed by atoms with E-state index in [0.717, 1.165) is 11.3 Å². The smallest absolute Gasteiger partial charge is 0.312 e. The molecule has 0 aliphatic heterocycles. The zero-order valence-corrected chi connectivity index (χ0v) is 8.12. The number of hydrogen-bond donors (Lipinski definition) is 2. The lowest BCUT2D eigenvalue weighted by Crippen LogP contribution is -2.32. The lowest BCUT2D eigenvalue weighted by molar-refractivity contribution is 0.244. The summed E-state index contributed by atoms with van der Waals surface area (Å²) in [6.07, 6.45) is 0. The number of nitrogens with two attached hydrogens (primary N) is 1. The molecule has 76 valence electrons. The Bertz CT molecular complexity index is 313. The zero-order valence-electron chi connectivity index (χ0n) is 8.12. The summed E-state index contributed by atoms with van der Waals surface area (Å²) in [6.45, 7) is 2.84. The molecular formula is C10H14N2O2. The van der Waals surface area contributed by atoms with Crippen molar-refractivity contribution in [3.05, 3.63) is 29.8 Å². The summed E-state index contributed by atoms with van der Waals surface area (Å²) in [5.74, 6) is 0.802. The van der Waals surface area contributed by atoms with Crippen LogP contribution in [0.5, 0.6) is 5.75 Å². The minimum Gasteiger partial charge on any atom is -0.492 e. The van der Waals surface area contributed by atoms with Gasteiger partial charge >= 0.3 is 6.03 Å². The monoisotopic (exact) mass is 194 g/mol. The summed E-state index contributed by atoms with van der Waals surface area (Å²) in [6, 6.07) is 7.19. The second-order valence-corrected chi connectivity index (χ2v) is 2.96. The van der Waals surface area contributed by atoms with Crippen LogP contribution < -0.4 is 15.8 Å². The fraction of sp³-hybridized carbons (Fsp3) is 0.300. The van der Waals surface area contributed by atoms with Crippen molar-refractivity contribution in [2.45, 2.75) is 6.92 Å². The summed E-state index contributed by atoms with van der Waals surface area (Å²) in [7, 11) is 0. The first-order valence-electron chi connectivity index (χ1n) is 4.41. The molecule has 0 atom stereocenters. The van der Waals surface area contributed by atoms with Crippen molar-refractivity contribution in [1.29, 1.82) is 0 Å². The van der Waals surface area contributed by atoms with Crippen LogP contribution in [0, 0.1) is 6.92 Å².